The maximum absolute atomic E-state index is 12.2. The van der Waals surface area contributed by atoms with Crippen LogP contribution in [0.1, 0.15) is 45.0 Å². The zero-order valence-corrected chi connectivity index (χ0v) is 14.5. The van der Waals surface area contributed by atoms with Gasteiger partial charge in [0.05, 0.1) is 24.5 Å². The zero-order chi connectivity index (χ0) is 16.4. The Morgan fingerprint density at radius 1 is 1.35 bits per heavy atom. The average molecular weight is 320 g/mol. The van der Waals surface area contributed by atoms with Gasteiger partial charge in [-0.25, -0.2) is 4.79 Å². The number of aromatic nitrogens is 2. The van der Waals surface area contributed by atoms with Gasteiger partial charge in [-0.15, -0.1) is 0 Å². The van der Waals surface area contributed by atoms with Gasteiger partial charge in [-0.05, 0) is 65.1 Å². The highest BCUT2D eigenvalue weighted by molar-refractivity contribution is 5.68. The molecule has 128 valence electrons. The van der Waals surface area contributed by atoms with Crippen molar-refractivity contribution in [1.29, 1.82) is 0 Å². The summed E-state index contributed by atoms with van der Waals surface area (Å²) in [5.41, 5.74) is 1.83. The Bertz CT molecular complexity index is 555. The van der Waals surface area contributed by atoms with Crippen molar-refractivity contribution >= 4 is 6.09 Å². The Hall–Kier alpha value is -1.56. The van der Waals surface area contributed by atoms with Gasteiger partial charge >= 0.3 is 6.09 Å². The van der Waals surface area contributed by atoms with Crippen LogP contribution in [0.2, 0.25) is 0 Å². The Labute approximate surface area is 138 Å². The quantitative estimate of drug-likeness (QED) is 0.907. The Kier molecular flexibility index (Phi) is 4.62. The summed E-state index contributed by atoms with van der Waals surface area (Å²) in [6.45, 7) is 9.93. The standard InChI is InChI=1S/C17H28N4O2/c1-17(2,3)23-16(22)20-8-9-21-15(12-20)11-14(19-21)10-13-4-6-18-7-5-13/h11,13,18H,4-10,12H2,1-3H3. The second-order valence-electron chi connectivity index (χ2n) is 7.65. The third-order valence-electron chi connectivity index (χ3n) is 4.46. The van der Waals surface area contributed by atoms with Crippen molar-refractivity contribution in [2.75, 3.05) is 19.6 Å². The second-order valence-corrected chi connectivity index (χ2v) is 7.65. The van der Waals surface area contributed by atoms with Gasteiger partial charge in [0.25, 0.3) is 0 Å². The van der Waals surface area contributed by atoms with Crippen molar-refractivity contribution < 1.29 is 9.53 Å². The van der Waals surface area contributed by atoms with Crippen molar-refractivity contribution in [3.8, 4) is 0 Å². The maximum atomic E-state index is 12.2. The van der Waals surface area contributed by atoms with E-state index < -0.39 is 5.60 Å². The van der Waals surface area contributed by atoms with E-state index >= 15 is 0 Å². The number of rotatable bonds is 2. The molecular formula is C17H28N4O2. The van der Waals surface area contributed by atoms with Gasteiger partial charge in [0.2, 0.25) is 0 Å². The van der Waals surface area contributed by atoms with Crippen LogP contribution >= 0.6 is 0 Å². The van der Waals surface area contributed by atoms with E-state index in [1.54, 1.807) is 4.90 Å². The van der Waals surface area contributed by atoms with Gasteiger partial charge in [0, 0.05) is 6.54 Å². The Morgan fingerprint density at radius 3 is 2.78 bits per heavy atom. The Morgan fingerprint density at radius 2 is 2.09 bits per heavy atom. The topological polar surface area (TPSA) is 59.4 Å². The molecule has 0 atom stereocenters. The summed E-state index contributed by atoms with van der Waals surface area (Å²) in [7, 11) is 0. The van der Waals surface area contributed by atoms with Gasteiger partial charge in [0.1, 0.15) is 5.60 Å². The lowest BCUT2D eigenvalue weighted by atomic mass is 9.93. The highest BCUT2D eigenvalue weighted by atomic mass is 16.6. The number of hydrogen-bond donors (Lipinski definition) is 1. The molecule has 0 spiro atoms. The lowest BCUT2D eigenvalue weighted by Gasteiger charge is -2.30. The predicted octanol–water partition coefficient (Wildman–Crippen LogP) is 2.18. The summed E-state index contributed by atoms with van der Waals surface area (Å²) in [4.78, 5) is 14.0. The van der Waals surface area contributed by atoms with E-state index in [0.717, 1.165) is 43.4 Å². The Balaban J connectivity index is 1.61. The number of carbonyl (C=O) groups is 1. The molecule has 2 aliphatic heterocycles. The van der Waals surface area contributed by atoms with Crippen molar-refractivity contribution in [1.82, 2.24) is 20.0 Å². The molecule has 1 amide bonds. The summed E-state index contributed by atoms with van der Waals surface area (Å²) in [6.07, 6.45) is 3.27. The molecule has 2 aliphatic rings. The van der Waals surface area contributed by atoms with E-state index in [-0.39, 0.29) is 6.09 Å². The summed E-state index contributed by atoms with van der Waals surface area (Å²) in [5, 5.41) is 8.13. The van der Waals surface area contributed by atoms with Crippen molar-refractivity contribution in [2.24, 2.45) is 5.92 Å². The minimum atomic E-state index is -0.449. The summed E-state index contributed by atoms with van der Waals surface area (Å²) >= 11 is 0. The molecule has 1 saturated heterocycles. The number of amides is 1. The molecule has 3 rings (SSSR count). The second kappa shape index (κ2) is 6.51. The molecule has 6 heteroatoms. The number of hydrogen-bond acceptors (Lipinski definition) is 4. The molecule has 3 heterocycles. The average Bonchev–Trinajstić information content (AvgIpc) is 2.87. The minimum Gasteiger partial charge on any atom is -0.444 e. The molecule has 0 aromatic carbocycles. The monoisotopic (exact) mass is 320 g/mol. The summed E-state index contributed by atoms with van der Waals surface area (Å²) in [5.74, 6) is 0.732. The normalized spacial score (nSPS) is 19.5. The van der Waals surface area contributed by atoms with E-state index in [9.17, 15) is 4.79 Å². The van der Waals surface area contributed by atoms with Gasteiger partial charge in [-0.2, -0.15) is 5.10 Å². The van der Waals surface area contributed by atoms with Crippen molar-refractivity contribution in [2.45, 2.75) is 58.7 Å². The smallest absolute Gasteiger partial charge is 0.410 e. The van der Waals surface area contributed by atoms with Crippen LogP contribution in [0.25, 0.3) is 0 Å². The first-order chi connectivity index (χ1) is 10.9. The van der Waals surface area contributed by atoms with Crippen LogP contribution in [0.15, 0.2) is 6.07 Å². The molecule has 1 aromatic heterocycles. The van der Waals surface area contributed by atoms with Crippen LogP contribution < -0.4 is 5.32 Å². The summed E-state index contributed by atoms with van der Waals surface area (Å²) in [6, 6.07) is 2.17. The first-order valence-corrected chi connectivity index (χ1v) is 8.65. The van der Waals surface area contributed by atoms with Crippen LogP contribution in [-0.4, -0.2) is 46.0 Å². The fraction of sp³-hybridized carbons (Fsp3) is 0.765. The summed E-state index contributed by atoms with van der Waals surface area (Å²) < 4.78 is 7.52. The largest absolute Gasteiger partial charge is 0.444 e. The van der Waals surface area contributed by atoms with Crippen LogP contribution in [0.3, 0.4) is 0 Å². The molecule has 0 bridgehead atoms. The molecular weight excluding hydrogens is 292 g/mol. The van der Waals surface area contributed by atoms with Gasteiger partial charge < -0.3 is 15.0 Å². The van der Waals surface area contributed by atoms with E-state index in [2.05, 4.69) is 16.1 Å². The number of carbonyl (C=O) groups excluding carboxylic acids is 1. The zero-order valence-electron chi connectivity index (χ0n) is 14.5. The third kappa shape index (κ3) is 4.25. The number of ether oxygens (including phenoxy) is 1. The molecule has 0 saturated carbocycles. The molecule has 23 heavy (non-hydrogen) atoms. The van der Waals surface area contributed by atoms with E-state index in [1.165, 1.54) is 12.8 Å². The van der Waals surface area contributed by atoms with Crippen molar-refractivity contribution in [3.05, 3.63) is 17.5 Å². The fourth-order valence-corrected chi connectivity index (χ4v) is 3.29. The molecule has 1 N–H and O–H groups in total. The number of nitrogens with one attached hydrogen (secondary N) is 1. The lowest BCUT2D eigenvalue weighted by Crippen LogP contribution is -2.41. The first kappa shape index (κ1) is 16.3. The highest BCUT2D eigenvalue weighted by Gasteiger charge is 2.27. The van der Waals surface area contributed by atoms with E-state index in [1.807, 2.05) is 20.8 Å². The minimum absolute atomic E-state index is 0.232. The van der Waals surface area contributed by atoms with Crippen LogP contribution in [0.4, 0.5) is 4.79 Å². The van der Waals surface area contributed by atoms with Crippen LogP contribution in [-0.2, 0) is 24.2 Å². The third-order valence-corrected chi connectivity index (χ3v) is 4.46. The van der Waals surface area contributed by atoms with Crippen LogP contribution in [0.5, 0.6) is 0 Å². The molecule has 1 fully saturated rings. The number of nitrogens with zero attached hydrogens (tertiary/aromatic N) is 3. The SMILES string of the molecule is CC(C)(C)OC(=O)N1CCn2nc(CC3CCNCC3)cc2C1. The maximum Gasteiger partial charge on any atom is 0.410 e. The van der Waals surface area contributed by atoms with E-state index in [4.69, 9.17) is 9.84 Å². The number of fused-ring (bicyclic) bond motifs is 1. The van der Waals surface area contributed by atoms with Crippen molar-refractivity contribution in [3.63, 3.8) is 0 Å². The molecule has 1 aromatic rings. The number of piperidine rings is 1. The molecule has 0 aliphatic carbocycles. The van der Waals surface area contributed by atoms with Crippen LogP contribution in [0, 0.1) is 5.92 Å². The lowest BCUT2D eigenvalue weighted by molar-refractivity contribution is 0.0194. The molecule has 0 radical (unpaired) electrons. The van der Waals surface area contributed by atoms with E-state index in [0.29, 0.717) is 13.1 Å². The fourth-order valence-electron chi connectivity index (χ4n) is 3.29. The molecule has 6 nitrogen and oxygen atoms in total. The molecule has 0 unspecified atom stereocenters. The highest BCUT2D eigenvalue weighted by Crippen LogP contribution is 2.21. The van der Waals surface area contributed by atoms with Gasteiger partial charge in [0.15, 0.2) is 0 Å². The first-order valence-electron chi connectivity index (χ1n) is 8.65. The van der Waals surface area contributed by atoms with Gasteiger partial charge in [-0.3, -0.25) is 4.68 Å². The predicted molar refractivity (Wildman–Crippen MR) is 88.2 cm³/mol. The van der Waals surface area contributed by atoms with Gasteiger partial charge in [-0.1, -0.05) is 0 Å².